The van der Waals surface area contributed by atoms with E-state index in [4.69, 9.17) is 5.73 Å². The Bertz CT molecular complexity index is 1080. The Morgan fingerprint density at radius 2 is 2.09 bits per heavy atom. The van der Waals surface area contributed by atoms with Crippen molar-refractivity contribution in [2.24, 2.45) is 28.5 Å². The smallest absolute Gasteiger partial charge is 0.255 e. The van der Waals surface area contributed by atoms with Crippen molar-refractivity contribution in [2.75, 3.05) is 19.6 Å². The lowest BCUT2D eigenvalue weighted by Crippen LogP contribution is -2.47. The topological polar surface area (TPSA) is 107 Å². The highest BCUT2D eigenvalue weighted by molar-refractivity contribution is 6.12. The van der Waals surface area contributed by atoms with E-state index in [1.807, 2.05) is 17.2 Å². The van der Waals surface area contributed by atoms with Gasteiger partial charge in [-0.15, -0.1) is 0 Å². The van der Waals surface area contributed by atoms with Gasteiger partial charge in [0.2, 0.25) is 0 Å². The van der Waals surface area contributed by atoms with Gasteiger partial charge in [0, 0.05) is 55.8 Å². The van der Waals surface area contributed by atoms with Crippen LogP contribution in [-0.4, -0.2) is 48.9 Å². The van der Waals surface area contributed by atoms with Gasteiger partial charge in [0.1, 0.15) is 6.17 Å². The lowest BCUT2D eigenvalue weighted by molar-refractivity contribution is -0.127. The van der Waals surface area contributed by atoms with Crippen molar-refractivity contribution in [3.05, 3.63) is 71.1 Å². The Labute approximate surface area is 201 Å². The molecule has 1 amide bonds. The molecule has 0 spiro atoms. The zero-order chi connectivity index (χ0) is 23.5. The summed E-state index contributed by atoms with van der Waals surface area (Å²) in [4.78, 5) is 19.0. The van der Waals surface area contributed by atoms with Gasteiger partial charge < -0.3 is 21.3 Å². The van der Waals surface area contributed by atoms with Crippen LogP contribution in [0, 0.1) is 29.1 Å². The minimum atomic E-state index is -0.229. The normalized spacial score (nSPS) is 30.8. The SMILES string of the molecule is N#CC1C=C(C2=CC3C=CNCC3C(NC3CCN(C(=O)C4=CCC(N)N=C4)CC3)=C2)C=CC1. The third-order valence-electron chi connectivity index (χ3n) is 7.27. The summed E-state index contributed by atoms with van der Waals surface area (Å²) in [7, 11) is 0. The zero-order valence-electron chi connectivity index (χ0n) is 19.4. The predicted octanol–water partition coefficient (Wildman–Crippen LogP) is 2.45. The van der Waals surface area contributed by atoms with Crippen LogP contribution in [0.1, 0.15) is 25.7 Å². The average molecular weight is 457 g/mol. The van der Waals surface area contributed by atoms with Gasteiger partial charge in [0.25, 0.3) is 5.91 Å². The van der Waals surface area contributed by atoms with Crippen molar-refractivity contribution >= 4 is 12.1 Å². The summed E-state index contributed by atoms with van der Waals surface area (Å²) in [5.74, 6) is 0.683. The predicted molar refractivity (Wildman–Crippen MR) is 133 cm³/mol. The molecule has 0 aromatic carbocycles. The van der Waals surface area contributed by atoms with Gasteiger partial charge in [-0.2, -0.15) is 5.26 Å². The van der Waals surface area contributed by atoms with E-state index in [-0.39, 0.29) is 18.0 Å². The fourth-order valence-corrected chi connectivity index (χ4v) is 5.28. The van der Waals surface area contributed by atoms with Crippen molar-refractivity contribution in [1.82, 2.24) is 15.5 Å². The number of amides is 1. The van der Waals surface area contributed by atoms with E-state index in [1.54, 1.807) is 6.21 Å². The van der Waals surface area contributed by atoms with Gasteiger partial charge in [0.15, 0.2) is 0 Å². The maximum Gasteiger partial charge on any atom is 0.255 e. The molecule has 1 fully saturated rings. The molecule has 7 heteroatoms. The molecule has 0 radical (unpaired) electrons. The van der Waals surface area contributed by atoms with Gasteiger partial charge in [-0.05, 0) is 42.7 Å². The number of nitrogens with two attached hydrogens (primary N) is 1. The van der Waals surface area contributed by atoms with Crippen molar-refractivity contribution in [3.8, 4) is 6.07 Å². The molecule has 4 N–H and O–H groups in total. The highest BCUT2D eigenvalue weighted by Gasteiger charge is 2.31. The molecule has 3 aliphatic heterocycles. The van der Waals surface area contributed by atoms with Gasteiger partial charge in [-0.25, -0.2) is 0 Å². The van der Waals surface area contributed by atoms with Gasteiger partial charge in [-0.3, -0.25) is 9.79 Å². The van der Waals surface area contributed by atoms with Crippen LogP contribution in [0.4, 0.5) is 0 Å². The first kappa shape index (κ1) is 22.4. The summed E-state index contributed by atoms with van der Waals surface area (Å²) in [5.41, 5.74) is 10.00. The van der Waals surface area contributed by atoms with E-state index in [2.05, 4.69) is 58.2 Å². The number of nitrogens with zero attached hydrogens (tertiary/aromatic N) is 3. The summed E-state index contributed by atoms with van der Waals surface area (Å²) in [6.45, 7) is 2.36. The first-order valence-corrected chi connectivity index (χ1v) is 12.3. The summed E-state index contributed by atoms with van der Waals surface area (Å²) in [5, 5.41) is 16.6. The first-order valence-electron chi connectivity index (χ1n) is 12.3. The molecule has 5 rings (SSSR count). The van der Waals surface area contributed by atoms with Crippen LogP contribution in [-0.2, 0) is 4.79 Å². The third kappa shape index (κ3) is 4.78. The van der Waals surface area contributed by atoms with Crippen molar-refractivity contribution < 1.29 is 4.79 Å². The standard InChI is InChI=1S/C27H32N6O/c28-15-18-2-1-3-19(12-18)22-13-20-6-9-30-17-24(20)25(14-22)32-23-7-10-33(11-8-23)27(34)21-4-5-26(29)31-16-21/h1,3-4,6,9,12-14,16,18,20,23-24,26,30,32H,2,5,7-8,10-11,17,29H2. The van der Waals surface area contributed by atoms with Gasteiger partial charge in [-0.1, -0.05) is 36.5 Å². The van der Waals surface area contributed by atoms with Crippen molar-refractivity contribution in [2.45, 2.75) is 37.9 Å². The number of nitriles is 1. The molecule has 4 unspecified atom stereocenters. The summed E-state index contributed by atoms with van der Waals surface area (Å²) >= 11 is 0. The number of allylic oxidation sites excluding steroid dienone is 8. The molecule has 176 valence electrons. The summed E-state index contributed by atoms with van der Waals surface area (Å²) < 4.78 is 0. The number of aliphatic imine (C=N–C) groups is 1. The largest absolute Gasteiger partial charge is 0.390 e. The lowest BCUT2D eigenvalue weighted by atomic mass is 9.78. The molecule has 0 saturated carbocycles. The number of likely N-dealkylation sites (tertiary alicyclic amines) is 1. The van der Waals surface area contributed by atoms with Gasteiger partial charge in [0.05, 0.1) is 17.6 Å². The van der Waals surface area contributed by atoms with Crippen LogP contribution in [0.25, 0.3) is 0 Å². The quantitative estimate of drug-likeness (QED) is 0.603. The second-order valence-electron chi connectivity index (χ2n) is 9.62. The van der Waals surface area contributed by atoms with E-state index in [0.717, 1.165) is 44.5 Å². The maximum absolute atomic E-state index is 12.8. The second kappa shape index (κ2) is 9.86. The highest BCUT2D eigenvalue weighted by atomic mass is 16.2. The molecule has 2 aliphatic carbocycles. The Hall–Kier alpha value is -3.37. The van der Waals surface area contributed by atoms with Crippen LogP contribution in [0.5, 0.6) is 0 Å². The number of dihydropyridines is 1. The van der Waals surface area contributed by atoms with E-state index in [9.17, 15) is 10.1 Å². The van der Waals surface area contributed by atoms with E-state index in [1.165, 1.54) is 11.3 Å². The Morgan fingerprint density at radius 1 is 1.24 bits per heavy atom. The number of rotatable bonds is 4. The molecule has 5 aliphatic rings. The molecule has 0 bridgehead atoms. The van der Waals surface area contributed by atoms with E-state index >= 15 is 0 Å². The van der Waals surface area contributed by atoms with Gasteiger partial charge >= 0.3 is 0 Å². The number of hydrogen-bond donors (Lipinski definition) is 3. The van der Waals surface area contributed by atoms with Crippen molar-refractivity contribution in [1.29, 1.82) is 5.26 Å². The highest BCUT2D eigenvalue weighted by Crippen LogP contribution is 2.35. The number of fused-ring (bicyclic) bond motifs is 1. The summed E-state index contributed by atoms with van der Waals surface area (Å²) in [6.07, 6.45) is 21.7. The molecule has 0 aromatic rings. The molecule has 1 saturated heterocycles. The molecular weight excluding hydrogens is 424 g/mol. The Balaban J connectivity index is 1.26. The fourth-order valence-electron chi connectivity index (χ4n) is 5.28. The molecule has 4 atom stereocenters. The van der Waals surface area contributed by atoms with E-state index < -0.39 is 0 Å². The Morgan fingerprint density at radius 3 is 2.85 bits per heavy atom. The molecule has 0 aromatic heterocycles. The molecule has 3 heterocycles. The molecule has 34 heavy (non-hydrogen) atoms. The zero-order valence-corrected chi connectivity index (χ0v) is 19.4. The molecule has 7 nitrogen and oxygen atoms in total. The number of nitrogens with one attached hydrogen (secondary N) is 2. The number of carbonyl (C=O) groups is 1. The minimum Gasteiger partial charge on any atom is -0.390 e. The first-order chi connectivity index (χ1) is 16.6. The van der Waals surface area contributed by atoms with Crippen LogP contribution in [0.2, 0.25) is 0 Å². The minimum absolute atomic E-state index is 0.0564. The third-order valence-corrected chi connectivity index (χ3v) is 7.27. The van der Waals surface area contributed by atoms with Crippen molar-refractivity contribution in [3.63, 3.8) is 0 Å². The Kier molecular flexibility index (Phi) is 6.50. The summed E-state index contributed by atoms with van der Waals surface area (Å²) in [6, 6.07) is 2.70. The average Bonchev–Trinajstić information content (AvgIpc) is 2.89. The monoisotopic (exact) mass is 456 g/mol. The number of piperidine rings is 1. The number of carbonyl (C=O) groups excluding carboxylic acids is 1. The number of hydrogen-bond acceptors (Lipinski definition) is 6. The van der Waals surface area contributed by atoms with Crippen LogP contribution in [0.15, 0.2) is 76.1 Å². The lowest BCUT2D eigenvalue weighted by Gasteiger charge is -2.38. The fraction of sp³-hybridized carbons (Fsp3) is 0.444. The van der Waals surface area contributed by atoms with Crippen LogP contribution < -0.4 is 16.4 Å². The van der Waals surface area contributed by atoms with Crippen LogP contribution in [0.3, 0.4) is 0 Å². The molecular formula is C27H32N6O. The maximum atomic E-state index is 12.8. The second-order valence-corrected chi connectivity index (χ2v) is 9.62. The van der Waals surface area contributed by atoms with Crippen LogP contribution >= 0.6 is 0 Å². The van der Waals surface area contributed by atoms with E-state index in [0.29, 0.717) is 29.9 Å².